The molecular formula is C30H48O4. The second kappa shape index (κ2) is 9.73. The summed E-state index contributed by atoms with van der Waals surface area (Å²) >= 11 is 0. The van der Waals surface area contributed by atoms with Crippen LogP contribution in [0.3, 0.4) is 0 Å². The van der Waals surface area contributed by atoms with Crippen molar-refractivity contribution in [3.8, 4) is 0 Å². The van der Waals surface area contributed by atoms with Gasteiger partial charge in [0.05, 0.1) is 12.7 Å². The molecule has 4 rings (SSSR count). The monoisotopic (exact) mass is 472 g/mol. The van der Waals surface area contributed by atoms with E-state index in [1.807, 2.05) is 0 Å². The molecule has 0 amide bonds. The Labute approximate surface area is 207 Å². The van der Waals surface area contributed by atoms with E-state index in [1.54, 1.807) is 0 Å². The lowest BCUT2D eigenvalue weighted by Crippen LogP contribution is -2.57. The van der Waals surface area contributed by atoms with Crippen molar-refractivity contribution in [1.82, 2.24) is 0 Å². The van der Waals surface area contributed by atoms with Gasteiger partial charge in [-0.3, -0.25) is 4.79 Å². The summed E-state index contributed by atoms with van der Waals surface area (Å²) in [5.74, 6) is 2.74. The van der Waals surface area contributed by atoms with Gasteiger partial charge in [-0.2, -0.15) is 0 Å². The fraction of sp³-hybridized carbons (Fsp3) is 0.833. The molecule has 0 bridgehead atoms. The number of hydrogen-bond acceptors (Lipinski definition) is 4. The van der Waals surface area contributed by atoms with E-state index in [0.717, 1.165) is 31.3 Å². The molecule has 192 valence electrons. The third-order valence-electron chi connectivity index (χ3n) is 10.9. The van der Waals surface area contributed by atoms with E-state index in [4.69, 9.17) is 4.74 Å². The Bertz CT molecular complexity index is 815. The lowest BCUT2D eigenvalue weighted by molar-refractivity contribution is -0.161. The first-order valence-electron chi connectivity index (χ1n) is 13.9. The van der Waals surface area contributed by atoms with Crippen LogP contribution in [0, 0.1) is 46.3 Å². The Balaban J connectivity index is 1.63. The van der Waals surface area contributed by atoms with Gasteiger partial charge in [-0.05, 0) is 98.9 Å². The molecule has 0 radical (unpaired) electrons. The van der Waals surface area contributed by atoms with Crippen LogP contribution in [0.25, 0.3) is 0 Å². The van der Waals surface area contributed by atoms with Crippen LogP contribution in [0.5, 0.6) is 0 Å². The quantitative estimate of drug-likeness (QED) is 0.349. The van der Waals surface area contributed by atoms with Crippen molar-refractivity contribution in [2.45, 2.75) is 105 Å². The number of fused-ring (bicyclic) bond motifs is 5. The second-order valence-corrected chi connectivity index (χ2v) is 12.8. The molecular weight excluding hydrogens is 424 g/mol. The number of hydrogen-bond donors (Lipinski definition) is 2. The topological polar surface area (TPSA) is 66.8 Å². The van der Waals surface area contributed by atoms with E-state index >= 15 is 0 Å². The molecule has 9 atom stereocenters. The van der Waals surface area contributed by atoms with Gasteiger partial charge in [-0.15, -0.1) is 0 Å². The zero-order valence-corrected chi connectivity index (χ0v) is 22.2. The van der Waals surface area contributed by atoms with E-state index in [0.29, 0.717) is 36.0 Å². The molecule has 0 spiro atoms. The molecule has 0 aromatic rings. The van der Waals surface area contributed by atoms with Crippen molar-refractivity contribution in [3.05, 3.63) is 23.8 Å². The molecule has 0 aliphatic heterocycles. The highest BCUT2D eigenvalue weighted by atomic mass is 16.5. The van der Waals surface area contributed by atoms with E-state index in [2.05, 4.69) is 40.3 Å². The molecule has 34 heavy (non-hydrogen) atoms. The SMILES string of the molecule is C=C(CC[C@@H](C)[C@H]1CCC2C3C(CC[C@@]21C)[C@@]1(CO)CC[C@H](O)CC1=C[C@@H]3OC(C)=O)C(C)C. The first kappa shape index (κ1) is 25.9. The highest BCUT2D eigenvalue weighted by Gasteiger charge is 2.62. The van der Waals surface area contributed by atoms with Gasteiger partial charge in [0.1, 0.15) is 6.10 Å². The molecule has 0 aromatic carbocycles. The largest absolute Gasteiger partial charge is 0.458 e. The minimum Gasteiger partial charge on any atom is -0.458 e. The van der Waals surface area contributed by atoms with E-state index in [-0.39, 0.29) is 41.5 Å². The van der Waals surface area contributed by atoms with Crippen LogP contribution in [0.15, 0.2) is 23.8 Å². The van der Waals surface area contributed by atoms with Crippen molar-refractivity contribution in [2.24, 2.45) is 46.3 Å². The minimum atomic E-state index is -0.355. The summed E-state index contributed by atoms with van der Waals surface area (Å²) in [6, 6.07) is 0. The smallest absolute Gasteiger partial charge is 0.303 e. The van der Waals surface area contributed by atoms with Gasteiger partial charge >= 0.3 is 5.97 Å². The van der Waals surface area contributed by atoms with Gasteiger partial charge in [0.15, 0.2) is 0 Å². The van der Waals surface area contributed by atoms with Gasteiger partial charge in [0.25, 0.3) is 0 Å². The predicted molar refractivity (Wildman–Crippen MR) is 136 cm³/mol. The lowest BCUT2D eigenvalue weighted by atomic mass is 9.46. The molecule has 3 fully saturated rings. The van der Waals surface area contributed by atoms with Crippen LogP contribution in [0.2, 0.25) is 0 Å². The standard InChI is InChI=1S/C30H48O4/c1-18(2)19(3)7-8-20(4)24-9-10-25-28-26(12-13-29(24,25)6)30(17-31)14-11-23(33)15-22(30)16-27(28)34-21(5)32/h16,18,20,23-28,31,33H,3,7-15,17H2,1-2,4-6H3/t20-,23+,24-,25?,26?,27+,28?,29-,30-/m1/s1. The number of aliphatic hydroxyl groups is 2. The summed E-state index contributed by atoms with van der Waals surface area (Å²) in [6.45, 7) is 15.4. The number of ether oxygens (including phenoxy) is 1. The number of aliphatic hydroxyl groups excluding tert-OH is 2. The van der Waals surface area contributed by atoms with Crippen molar-refractivity contribution < 1.29 is 19.7 Å². The summed E-state index contributed by atoms with van der Waals surface area (Å²) in [7, 11) is 0. The second-order valence-electron chi connectivity index (χ2n) is 12.8. The normalized spacial score (nSPS) is 42.3. The van der Waals surface area contributed by atoms with E-state index in [1.165, 1.54) is 38.2 Å². The molecule has 2 N–H and O–H groups in total. The Morgan fingerprint density at radius 3 is 2.56 bits per heavy atom. The Hall–Kier alpha value is -1.13. The van der Waals surface area contributed by atoms with Gasteiger partial charge in [-0.25, -0.2) is 0 Å². The fourth-order valence-electron chi connectivity index (χ4n) is 8.89. The summed E-state index contributed by atoms with van der Waals surface area (Å²) in [6.07, 6.45) is 10.7. The maximum absolute atomic E-state index is 12.2. The molecule has 0 saturated heterocycles. The number of esters is 1. The molecule has 4 aliphatic carbocycles. The lowest BCUT2D eigenvalue weighted by Gasteiger charge is -2.60. The van der Waals surface area contributed by atoms with Crippen molar-refractivity contribution >= 4 is 5.97 Å². The van der Waals surface area contributed by atoms with Gasteiger partial charge < -0.3 is 14.9 Å². The highest BCUT2D eigenvalue weighted by molar-refractivity contribution is 5.66. The Morgan fingerprint density at radius 1 is 1.18 bits per heavy atom. The first-order valence-corrected chi connectivity index (χ1v) is 13.9. The van der Waals surface area contributed by atoms with Crippen molar-refractivity contribution in [3.63, 3.8) is 0 Å². The minimum absolute atomic E-state index is 0.139. The fourth-order valence-corrected chi connectivity index (χ4v) is 8.89. The van der Waals surface area contributed by atoms with Crippen LogP contribution in [0.1, 0.15) is 92.4 Å². The molecule has 3 saturated carbocycles. The summed E-state index contributed by atoms with van der Waals surface area (Å²) in [5.41, 5.74) is 2.49. The van der Waals surface area contributed by atoms with Crippen molar-refractivity contribution in [2.75, 3.05) is 6.61 Å². The average Bonchev–Trinajstić information content (AvgIpc) is 3.13. The number of carbonyl (C=O) groups excluding carboxylic acids is 1. The third kappa shape index (κ3) is 4.32. The molecule has 3 unspecified atom stereocenters. The summed E-state index contributed by atoms with van der Waals surface area (Å²) < 4.78 is 6.00. The van der Waals surface area contributed by atoms with Gasteiger partial charge in [-0.1, -0.05) is 45.4 Å². The van der Waals surface area contributed by atoms with Gasteiger partial charge in [0.2, 0.25) is 0 Å². The van der Waals surface area contributed by atoms with Crippen LogP contribution < -0.4 is 0 Å². The van der Waals surface area contributed by atoms with E-state index in [9.17, 15) is 15.0 Å². The maximum atomic E-state index is 12.2. The average molecular weight is 473 g/mol. The van der Waals surface area contributed by atoms with E-state index < -0.39 is 0 Å². The highest BCUT2D eigenvalue weighted by Crippen LogP contribution is 2.67. The first-order chi connectivity index (χ1) is 16.0. The Morgan fingerprint density at radius 2 is 1.91 bits per heavy atom. The van der Waals surface area contributed by atoms with Crippen LogP contribution in [-0.2, 0) is 9.53 Å². The van der Waals surface area contributed by atoms with Crippen molar-refractivity contribution in [1.29, 1.82) is 0 Å². The Kier molecular flexibility index (Phi) is 7.43. The number of allylic oxidation sites excluding steroid dienone is 1. The molecule has 4 nitrogen and oxygen atoms in total. The third-order valence-corrected chi connectivity index (χ3v) is 10.9. The summed E-state index contributed by atoms with van der Waals surface area (Å²) in [4.78, 5) is 12.2. The van der Waals surface area contributed by atoms with Crippen LogP contribution >= 0.6 is 0 Å². The number of carbonyl (C=O) groups is 1. The van der Waals surface area contributed by atoms with Crippen LogP contribution in [0.4, 0.5) is 0 Å². The molecule has 4 aliphatic rings. The zero-order valence-electron chi connectivity index (χ0n) is 22.2. The summed E-state index contributed by atoms with van der Waals surface area (Å²) in [5, 5.41) is 21.1. The van der Waals surface area contributed by atoms with Crippen LogP contribution in [-0.4, -0.2) is 35.0 Å². The number of rotatable bonds is 7. The zero-order chi connectivity index (χ0) is 24.8. The molecule has 0 aromatic heterocycles. The molecule has 0 heterocycles. The molecule has 4 heteroatoms. The van der Waals surface area contributed by atoms with Gasteiger partial charge in [0, 0.05) is 18.3 Å². The predicted octanol–water partition coefficient (Wildman–Crippen LogP) is 6.07. The maximum Gasteiger partial charge on any atom is 0.303 e.